The van der Waals surface area contributed by atoms with Crippen LogP contribution in [0.2, 0.25) is 0 Å². The van der Waals surface area contributed by atoms with Gasteiger partial charge >= 0.3 is 0 Å². The lowest BCUT2D eigenvalue weighted by molar-refractivity contribution is -0.121. The maximum Gasteiger partial charge on any atom is 0.221 e. The summed E-state index contributed by atoms with van der Waals surface area (Å²) in [6, 6.07) is 13.9. The molecule has 3 heterocycles. The molecule has 1 amide bonds. The molecule has 7 heteroatoms. The zero-order valence-electron chi connectivity index (χ0n) is 15.3. The van der Waals surface area contributed by atoms with Gasteiger partial charge in [0.1, 0.15) is 5.82 Å². The molecule has 4 rings (SSSR count). The minimum atomic E-state index is 0.0401. The van der Waals surface area contributed by atoms with E-state index in [2.05, 4.69) is 26.7 Å². The molecule has 0 aliphatic carbocycles. The normalized spacial score (nSPS) is 11.3. The number of pyridine rings is 1. The van der Waals surface area contributed by atoms with Crippen LogP contribution >= 0.6 is 0 Å². The average Bonchev–Trinajstić information content (AvgIpc) is 3.25. The van der Waals surface area contributed by atoms with Gasteiger partial charge in [0.25, 0.3) is 0 Å². The predicted molar refractivity (Wildman–Crippen MR) is 103 cm³/mol. The molecule has 0 radical (unpaired) electrons. The van der Waals surface area contributed by atoms with E-state index in [0.29, 0.717) is 19.5 Å². The fourth-order valence-corrected chi connectivity index (χ4v) is 3.30. The first-order valence-corrected chi connectivity index (χ1v) is 9.20. The highest BCUT2D eigenvalue weighted by Gasteiger charge is 2.09. The molecule has 0 atom stereocenters. The number of carbonyl (C=O) groups excluding carboxylic acids is 1. The summed E-state index contributed by atoms with van der Waals surface area (Å²) in [7, 11) is 0. The standard InChI is InChI=1S/C20H22N6O/c1-15-16-7-2-3-8-17(16)26(24-15)14-11-20(27)21-12-6-10-19-23-22-18-9-4-5-13-25(18)19/h2-5,7-9,13H,6,10-12,14H2,1H3,(H,21,27). The smallest absolute Gasteiger partial charge is 0.221 e. The Hall–Kier alpha value is -3.22. The van der Waals surface area contributed by atoms with Crippen molar-refractivity contribution >= 4 is 22.5 Å². The zero-order chi connectivity index (χ0) is 18.6. The Labute approximate surface area is 157 Å². The maximum absolute atomic E-state index is 12.1. The van der Waals surface area contributed by atoms with E-state index in [0.717, 1.165) is 40.9 Å². The van der Waals surface area contributed by atoms with Crippen LogP contribution in [-0.4, -0.2) is 36.8 Å². The highest BCUT2D eigenvalue weighted by Crippen LogP contribution is 2.17. The third-order valence-corrected chi connectivity index (χ3v) is 4.68. The molecular weight excluding hydrogens is 340 g/mol. The number of nitrogens with one attached hydrogen (secondary N) is 1. The van der Waals surface area contributed by atoms with Crippen molar-refractivity contribution in [2.24, 2.45) is 0 Å². The monoisotopic (exact) mass is 362 g/mol. The van der Waals surface area contributed by atoms with E-state index in [4.69, 9.17) is 0 Å². The Morgan fingerprint density at radius 1 is 1.11 bits per heavy atom. The Balaban J connectivity index is 1.25. The van der Waals surface area contributed by atoms with Gasteiger partial charge < -0.3 is 5.32 Å². The number of aromatic nitrogens is 5. The van der Waals surface area contributed by atoms with Crippen LogP contribution in [-0.2, 0) is 17.8 Å². The van der Waals surface area contributed by atoms with Crippen LogP contribution in [0, 0.1) is 6.92 Å². The molecule has 7 nitrogen and oxygen atoms in total. The van der Waals surface area contributed by atoms with Crippen molar-refractivity contribution in [1.29, 1.82) is 0 Å². The molecule has 0 saturated heterocycles. The lowest BCUT2D eigenvalue weighted by Gasteiger charge is -2.06. The number of amides is 1. The number of nitrogens with zero attached hydrogens (tertiary/aromatic N) is 5. The SMILES string of the molecule is Cc1nn(CCC(=O)NCCCc2nnc3ccccn23)c2ccccc12. The van der Waals surface area contributed by atoms with Crippen molar-refractivity contribution in [3.05, 3.63) is 60.2 Å². The van der Waals surface area contributed by atoms with E-state index >= 15 is 0 Å². The first-order valence-electron chi connectivity index (χ1n) is 9.20. The summed E-state index contributed by atoms with van der Waals surface area (Å²) in [4.78, 5) is 12.1. The molecule has 0 spiro atoms. The number of hydrogen-bond acceptors (Lipinski definition) is 4. The second kappa shape index (κ2) is 7.57. The van der Waals surface area contributed by atoms with Crippen molar-refractivity contribution in [2.45, 2.75) is 32.7 Å². The lowest BCUT2D eigenvalue weighted by atomic mass is 10.2. The molecule has 0 aliphatic heterocycles. The summed E-state index contributed by atoms with van der Waals surface area (Å²) < 4.78 is 3.89. The van der Waals surface area contributed by atoms with Crippen LogP contribution in [0.5, 0.6) is 0 Å². The van der Waals surface area contributed by atoms with Crippen LogP contribution in [0.1, 0.15) is 24.4 Å². The van der Waals surface area contributed by atoms with Crippen molar-refractivity contribution < 1.29 is 4.79 Å². The summed E-state index contributed by atoms with van der Waals surface area (Å²) >= 11 is 0. The van der Waals surface area contributed by atoms with Crippen molar-refractivity contribution in [3.8, 4) is 0 Å². The van der Waals surface area contributed by atoms with Crippen LogP contribution in [0.25, 0.3) is 16.6 Å². The van der Waals surface area contributed by atoms with E-state index < -0.39 is 0 Å². The van der Waals surface area contributed by atoms with Gasteiger partial charge in [-0.05, 0) is 31.5 Å². The first-order chi connectivity index (χ1) is 13.2. The number of benzene rings is 1. The number of para-hydroxylation sites is 1. The van der Waals surface area contributed by atoms with E-state index in [1.165, 1.54) is 0 Å². The predicted octanol–water partition coefficient (Wildman–Crippen LogP) is 2.53. The Morgan fingerprint density at radius 3 is 2.89 bits per heavy atom. The number of hydrogen-bond donors (Lipinski definition) is 1. The largest absolute Gasteiger partial charge is 0.356 e. The van der Waals surface area contributed by atoms with Gasteiger partial charge in [-0.25, -0.2) is 0 Å². The Kier molecular flexibility index (Phi) is 4.82. The van der Waals surface area contributed by atoms with Crippen LogP contribution < -0.4 is 5.32 Å². The third kappa shape index (κ3) is 3.67. The topological polar surface area (TPSA) is 77.1 Å². The Bertz CT molecular complexity index is 1080. The van der Waals surface area contributed by atoms with Gasteiger partial charge in [0.05, 0.1) is 17.8 Å². The number of rotatable bonds is 7. The quantitative estimate of drug-likeness (QED) is 0.513. The summed E-state index contributed by atoms with van der Waals surface area (Å²) in [5.74, 6) is 0.955. The zero-order valence-corrected chi connectivity index (χ0v) is 15.3. The van der Waals surface area contributed by atoms with Crippen molar-refractivity contribution in [1.82, 2.24) is 29.7 Å². The van der Waals surface area contributed by atoms with Gasteiger partial charge in [-0.15, -0.1) is 10.2 Å². The number of fused-ring (bicyclic) bond motifs is 2. The fourth-order valence-electron chi connectivity index (χ4n) is 3.30. The summed E-state index contributed by atoms with van der Waals surface area (Å²) in [6.07, 6.45) is 3.97. The molecular formula is C20H22N6O. The average molecular weight is 362 g/mol. The van der Waals surface area contributed by atoms with E-state index in [1.54, 1.807) is 0 Å². The van der Waals surface area contributed by atoms with E-state index in [1.807, 2.05) is 58.6 Å². The summed E-state index contributed by atoms with van der Waals surface area (Å²) in [6.45, 7) is 3.20. The summed E-state index contributed by atoms with van der Waals surface area (Å²) in [5, 5.41) is 17.0. The molecule has 0 saturated carbocycles. The van der Waals surface area contributed by atoms with Gasteiger partial charge in [0.2, 0.25) is 5.91 Å². The van der Waals surface area contributed by atoms with Gasteiger partial charge in [-0.1, -0.05) is 24.3 Å². The molecule has 0 unspecified atom stereocenters. The molecule has 0 aliphatic rings. The minimum absolute atomic E-state index is 0.0401. The van der Waals surface area contributed by atoms with E-state index in [9.17, 15) is 4.79 Å². The second-order valence-corrected chi connectivity index (χ2v) is 6.57. The van der Waals surface area contributed by atoms with Crippen LogP contribution in [0.4, 0.5) is 0 Å². The van der Waals surface area contributed by atoms with Gasteiger partial charge in [0, 0.05) is 31.0 Å². The molecule has 4 aromatic rings. The minimum Gasteiger partial charge on any atom is -0.356 e. The van der Waals surface area contributed by atoms with E-state index in [-0.39, 0.29) is 5.91 Å². The van der Waals surface area contributed by atoms with Gasteiger partial charge in [-0.3, -0.25) is 13.9 Å². The highest BCUT2D eigenvalue weighted by molar-refractivity contribution is 5.82. The molecule has 27 heavy (non-hydrogen) atoms. The Morgan fingerprint density at radius 2 is 1.96 bits per heavy atom. The maximum atomic E-state index is 12.1. The van der Waals surface area contributed by atoms with Crippen molar-refractivity contribution in [2.75, 3.05) is 6.54 Å². The molecule has 1 N–H and O–H groups in total. The number of carbonyl (C=O) groups is 1. The number of aryl methyl sites for hydroxylation is 3. The fraction of sp³-hybridized carbons (Fsp3) is 0.300. The van der Waals surface area contributed by atoms with Crippen molar-refractivity contribution in [3.63, 3.8) is 0 Å². The molecule has 0 fully saturated rings. The third-order valence-electron chi connectivity index (χ3n) is 4.68. The highest BCUT2D eigenvalue weighted by atomic mass is 16.1. The molecule has 1 aromatic carbocycles. The lowest BCUT2D eigenvalue weighted by Crippen LogP contribution is -2.26. The molecule has 3 aromatic heterocycles. The van der Waals surface area contributed by atoms with Gasteiger partial charge in [0.15, 0.2) is 5.65 Å². The first kappa shape index (κ1) is 17.2. The van der Waals surface area contributed by atoms with Crippen LogP contribution in [0.3, 0.4) is 0 Å². The summed E-state index contributed by atoms with van der Waals surface area (Å²) in [5.41, 5.74) is 2.91. The second-order valence-electron chi connectivity index (χ2n) is 6.57. The molecule has 0 bridgehead atoms. The van der Waals surface area contributed by atoms with Crippen LogP contribution in [0.15, 0.2) is 48.7 Å². The molecule has 138 valence electrons. The van der Waals surface area contributed by atoms with Gasteiger partial charge in [-0.2, -0.15) is 5.10 Å².